The number of nitrogens with zero attached hydrogens (tertiary/aromatic N) is 8. The van der Waals surface area contributed by atoms with E-state index in [1.165, 1.54) is 158 Å². The number of hydrogen-bond acceptors (Lipinski definition) is 4. The molecule has 8 aromatic heterocycles. The molecule has 29 rings (SSSR count). The molecule has 10 nitrogen and oxygen atoms in total. The molecule has 0 aliphatic carbocycles. The molecule has 0 saturated heterocycles. The predicted octanol–water partition coefficient (Wildman–Crippen LogP) is 32.5. The van der Waals surface area contributed by atoms with Gasteiger partial charge in [-0.25, -0.2) is 19.9 Å². The average molecular weight is 1720 g/mol. The molecule has 0 fully saturated rings. The maximum atomic E-state index is 6.66. The molecule has 0 unspecified atom stereocenters. The fourth-order valence-electron chi connectivity index (χ4n) is 21.0. The van der Waals surface area contributed by atoms with E-state index in [4.69, 9.17) is 33.2 Å². The van der Waals surface area contributed by atoms with E-state index in [2.05, 4.69) is 366 Å². The van der Waals surface area contributed by atoms with E-state index in [-0.39, 0.29) is 7.43 Å². The Balaban J connectivity index is 0.0000000988. The Morgan fingerprint density at radius 3 is 1.01 bits per heavy atom. The van der Waals surface area contributed by atoms with Gasteiger partial charge in [-0.05, 0) is 188 Å². The third kappa shape index (κ3) is 12.0. The summed E-state index contributed by atoms with van der Waals surface area (Å²) in [5.41, 5.74) is 26.9. The van der Waals surface area contributed by atoms with Crippen molar-refractivity contribution in [1.82, 2.24) is 48.2 Å². The molecule has 0 amide bonds. The number of para-hydroxylation sites is 8. The largest absolute Gasteiger partial charge is 0.358 e. The lowest BCUT2D eigenvalue weighted by atomic mass is 9.95. The zero-order valence-corrected chi connectivity index (χ0v) is 72.3. The van der Waals surface area contributed by atoms with Crippen LogP contribution < -0.4 is 0 Å². The Bertz CT molecular complexity index is 9590. The van der Waals surface area contributed by atoms with Crippen LogP contribution in [-0.4, -0.2) is 48.2 Å². The third-order valence-electron chi connectivity index (χ3n) is 26.3. The van der Waals surface area contributed by atoms with Crippen molar-refractivity contribution in [2.24, 2.45) is 0 Å². The molecule has 0 spiro atoms. The second-order valence-electron chi connectivity index (χ2n) is 33.3. The van der Waals surface area contributed by atoms with Gasteiger partial charge < -0.3 is 31.1 Å². The summed E-state index contributed by atoms with van der Waals surface area (Å²) < 4.78 is 9.57. The summed E-state index contributed by atoms with van der Waals surface area (Å²) in [5, 5.41) is 26.6. The number of aromatic nitrogens is 10. The maximum absolute atomic E-state index is 6.66. The van der Waals surface area contributed by atoms with Crippen molar-refractivity contribution < 1.29 is 0 Å². The van der Waals surface area contributed by atoms with Crippen LogP contribution in [0.15, 0.2) is 425 Å². The van der Waals surface area contributed by atoms with Crippen LogP contribution in [0.5, 0.6) is 0 Å². The predicted molar refractivity (Wildman–Crippen MR) is 553 cm³/mol. The number of rotatable bonds is 7. The molecular formula is C119H75Cl2N10-. The van der Waals surface area contributed by atoms with Crippen molar-refractivity contribution in [3.63, 3.8) is 0 Å². The van der Waals surface area contributed by atoms with Crippen molar-refractivity contribution in [3.05, 3.63) is 442 Å². The van der Waals surface area contributed by atoms with Crippen LogP contribution in [0.4, 0.5) is 0 Å². The van der Waals surface area contributed by atoms with Crippen LogP contribution in [-0.2, 0) is 0 Å². The normalized spacial score (nSPS) is 11.8. The van der Waals surface area contributed by atoms with Crippen molar-refractivity contribution >= 4 is 219 Å². The first-order chi connectivity index (χ1) is 64.4. The highest BCUT2D eigenvalue weighted by atomic mass is 35.5. The summed E-state index contributed by atoms with van der Waals surface area (Å²) in [6.07, 6.45) is 0. The number of benzene rings is 19. The van der Waals surface area contributed by atoms with Gasteiger partial charge in [-0.1, -0.05) is 308 Å². The van der Waals surface area contributed by atoms with Crippen LogP contribution in [0.25, 0.3) is 253 Å². The molecular weight excluding hydrogens is 1640 g/mol. The molecule has 0 radical (unpaired) electrons. The van der Waals surface area contributed by atoms with Crippen molar-refractivity contribution in [3.8, 4) is 56.5 Å². The van der Waals surface area contributed by atoms with Gasteiger partial charge in [0.05, 0.1) is 66.2 Å². The van der Waals surface area contributed by atoms with Crippen LogP contribution in [0.1, 0.15) is 0 Å². The van der Waals surface area contributed by atoms with E-state index in [0.717, 1.165) is 100.0 Å². The Hall–Kier alpha value is -16.8. The van der Waals surface area contributed by atoms with E-state index in [9.17, 15) is 0 Å². The number of halogens is 2. The van der Waals surface area contributed by atoms with Gasteiger partial charge in [-0.3, -0.25) is 4.57 Å². The smallest absolute Gasteiger partial charge is 0.165 e. The average Bonchev–Trinajstić information content (AvgIpc) is 1.50. The molecule has 0 saturated carbocycles. The number of H-pyrrole nitrogens is 2. The molecule has 0 bridgehead atoms. The highest BCUT2D eigenvalue weighted by molar-refractivity contribution is 6.42. The third-order valence-corrected chi connectivity index (χ3v) is 26.9. The van der Waals surface area contributed by atoms with Gasteiger partial charge in [0.15, 0.2) is 11.0 Å². The molecule has 0 aliphatic rings. The first-order valence-corrected chi connectivity index (χ1v) is 44.6. The van der Waals surface area contributed by atoms with Gasteiger partial charge in [0, 0.05) is 125 Å². The number of aromatic amines is 2. The first kappa shape index (κ1) is 76.7. The van der Waals surface area contributed by atoms with E-state index < -0.39 is 0 Å². The van der Waals surface area contributed by atoms with E-state index in [0.29, 0.717) is 5.15 Å². The van der Waals surface area contributed by atoms with Crippen LogP contribution in [0, 0.1) is 7.43 Å². The van der Waals surface area contributed by atoms with Crippen LogP contribution >= 0.6 is 23.2 Å². The monoisotopic (exact) mass is 1710 g/mol. The summed E-state index contributed by atoms with van der Waals surface area (Å²) in [6.45, 7) is 0. The zero-order valence-electron chi connectivity index (χ0n) is 70.7. The minimum absolute atomic E-state index is 0. The number of fused-ring (bicyclic) bond motifs is 15. The standard InChI is InChI=1S/C44H26N4.C30H19ClN2.C30H18N2.C14H9ClN2.CH3/c1-3-13-27(14-4-1)43-44(46-34-22-10-9-21-33(34)45-43)48-36-24-12-20-32-30-18-8-7-17-29(30)31-19-11-23-35-39(31)41-37(25-26-38(48)42(41)40(32)36)47(35)28-15-5-2-6-16-28;31-23-14-6-4-11-20(23)21-13-8-15-24-28(21)30-25(32-24)17-18-27-29(30)22-12-5-7-16-26(22)33(27)19-9-2-1-3-10-19;1-2-8-18(9-3-1)32-25-15-7-13-22-20-11-5-4-10-19(20)21-12-6-14-23-27(21)29-24(31-23)16-17-26(32)30(29)28(22)25;15-14-13(10-6-2-1-3-7-10)16-11-8-4-5-9-12(11)17-14;/h1-26H;1-18,32H;1-17,31H;1-9H;1H3/q;;;;-1. The summed E-state index contributed by atoms with van der Waals surface area (Å²) >= 11 is 12.8. The van der Waals surface area contributed by atoms with Crippen molar-refractivity contribution in [2.75, 3.05) is 0 Å². The van der Waals surface area contributed by atoms with Gasteiger partial charge in [0.25, 0.3) is 0 Å². The summed E-state index contributed by atoms with van der Waals surface area (Å²) in [6, 6.07) is 150. The Morgan fingerprint density at radius 1 is 0.191 bits per heavy atom. The van der Waals surface area contributed by atoms with E-state index >= 15 is 0 Å². The minimum atomic E-state index is 0. The molecule has 8 heterocycles. The van der Waals surface area contributed by atoms with Crippen LogP contribution in [0.3, 0.4) is 0 Å². The van der Waals surface area contributed by atoms with Gasteiger partial charge in [-0.15, -0.1) is 0 Å². The van der Waals surface area contributed by atoms with E-state index in [1.807, 2.05) is 97.1 Å². The molecule has 21 aromatic carbocycles. The zero-order chi connectivity index (χ0) is 85.8. The van der Waals surface area contributed by atoms with Gasteiger partial charge in [0.2, 0.25) is 0 Å². The molecule has 2 N–H and O–H groups in total. The number of hydrogen-bond donors (Lipinski definition) is 2. The molecule has 12 heteroatoms. The topological polar surface area (TPSA) is 103 Å². The van der Waals surface area contributed by atoms with E-state index in [1.54, 1.807) is 0 Å². The molecule has 131 heavy (non-hydrogen) atoms. The summed E-state index contributed by atoms with van der Waals surface area (Å²) in [7, 11) is 0. The Kier molecular flexibility index (Phi) is 18.0. The Morgan fingerprint density at radius 2 is 0.496 bits per heavy atom. The lowest BCUT2D eigenvalue weighted by molar-refractivity contribution is 1.08. The molecule has 0 atom stereocenters. The molecule has 29 aromatic rings. The van der Waals surface area contributed by atoms with Crippen LogP contribution in [0.2, 0.25) is 10.2 Å². The highest BCUT2D eigenvalue weighted by Gasteiger charge is 2.29. The SMILES string of the molecule is Clc1ccccc1-c1cccc2[nH]c3ccc4c(c5ccccc5n4-c4ccccc4)c3c12.Clc1nc2ccccc2nc1-c1ccccc1.[CH3-].c1ccc(-c2nc3ccccc3nc2-n2c3cccc4c5ccccc5c5cccc6c5c5c(c43)c2ccc5n6-c2ccccc2)cc1.c1ccc(-n2c3cccc4c5ccccc5c5cccc6[nH]c7ccc2c(c7c65)c43)cc1. The second-order valence-corrected chi connectivity index (χ2v) is 34.1. The van der Waals surface area contributed by atoms with Crippen molar-refractivity contribution in [2.45, 2.75) is 0 Å². The van der Waals surface area contributed by atoms with Gasteiger partial charge >= 0.3 is 0 Å². The first-order valence-electron chi connectivity index (χ1n) is 43.8. The highest BCUT2D eigenvalue weighted by Crippen LogP contribution is 2.52. The summed E-state index contributed by atoms with van der Waals surface area (Å²) in [4.78, 5) is 26.9. The lowest BCUT2D eigenvalue weighted by Gasteiger charge is -2.14. The van der Waals surface area contributed by atoms with Crippen molar-refractivity contribution in [1.29, 1.82) is 0 Å². The summed E-state index contributed by atoms with van der Waals surface area (Å²) in [5.74, 6) is 0.830. The minimum Gasteiger partial charge on any atom is -0.358 e. The Labute approximate surface area is 760 Å². The number of nitrogens with one attached hydrogen (secondary N) is 2. The quantitative estimate of drug-likeness (QED) is 0.155. The molecule has 0 aliphatic heterocycles. The van der Waals surface area contributed by atoms with Gasteiger partial charge in [-0.2, -0.15) is 0 Å². The second kappa shape index (κ2) is 30.8. The van der Waals surface area contributed by atoms with Gasteiger partial charge in [0.1, 0.15) is 11.4 Å². The fourth-order valence-corrected chi connectivity index (χ4v) is 21.5. The fraction of sp³-hybridized carbons (Fsp3) is 0. The molecule has 616 valence electrons. The maximum Gasteiger partial charge on any atom is 0.165 e. The lowest BCUT2D eigenvalue weighted by Crippen LogP contribution is -2.03.